The quantitative estimate of drug-likeness (QED) is 0.456. The van der Waals surface area contributed by atoms with Crippen LogP contribution >= 0.6 is 0 Å². The lowest BCUT2D eigenvalue weighted by molar-refractivity contribution is 0.214. The van der Waals surface area contributed by atoms with Crippen molar-refractivity contribution >= 4 is 11.3 Å². The molecule has 0 spiro atoms. The number of hydrogen-bond acceptors (Lipinski definition) is 4. The van der Waals surface area contributed by atoms with Crippen molar-refractivity contribution in [2.24, 2.45) is 0 Å². The molecule has 1 unspecified atom stereocenters. The maximum absolute atomic E-state index is 13.5. The molecule has 4 aromatic rings. The summed E-state index contributed by atoms with van der Waals surface area (Å²) in [5.41, 5.74) is 4.72. The van der Waals surface area contributed by atoms with E-state index in [4.69, 9.17) is 4.74 Å². The first-order valence-electron chi connectivity index (χ1n) is 10.3. The molecule has 30 heavy (non-hydrogen) atoms. The minimum Gasteiger partial charge on any atom is -0.469 e. The second-order valence-electron chi connectivity index (χ2n) is 7.64. The summed E-state index contributed by atoms with van der Waals surface area (Å²) in [6, 6.07) is 18.6. The van der Waals surface area contributed by atoms with E-state index < -0.39 is 0 Å². The Hall–Kier alpha value is -3.41. The smallest absolute Gasteiger partial charge is 0.232 e. The molecule has 1 aliphatic rings. The van der Waals surface area contributed by atoms with Crippen molar-refractivity contribution in [2.45, 2.75) is 25.9 Å². The molecule has 2 aromatic carbocycles. The van der Waals surface area contributed by atoms with Crippen LogP contribution in [-0.2, 0) is 0 Å². The number of aromatic nitrogens is 3. The summed E-state index contributed by atoms with van der Waals surface area (Å²) in [6.07, 6.45) is 4.02. The Morgan fingerprint density at radius 1 is 1.00 bits per heavy atom. The molecular formula is C24H23FN4O. The van der Waals surface area contributed by atoms with Crippen molar-refractivity contribution in [1.29, 1.82) is 0 Å². The van der Waals surface area contributed by atoms with Crippen molar-refractivity contribution < 1.29 is 9.13 Å². The van der Waals surface area contributed by atoms with Gasteiger partial charge in [-0.05, 0) is 55.7 Å². The lowest BCUT2D eigenvalue weighted by atomic mass is 10.1. The topological polar surface area (TPSA) is 42.7 Å². The zero-order valence-electron chi connectivity index (χ0n) is 16.8. The van der Waals surface area contributed by atoms with E-state index in [0.717, 1.165) is 35.6 Å². The molecule has 0 radical (unpaired) electrons. The third kappa shape index (κ3) is 3.61. The van der Waals surface area contributed by atoms with E-state index in [-0.39, 0.29) is 11.9 Å². The minimum atomic E-state index is -0.322. The first-order chi connectivity index (χ1) is 14.7. The van der Waals surface area contributed by atoms with E-state index in [1.54, 1.807) is 16.6 Å². The molecule has 0 saturated carbocycles. The molecule has 152 valence electrons. The Morgan fingerprint density at radius 2 is 1.80 bits per heavy atom. The van der Waals surface area contributed by atoms with Crippen molar-refractivity contribution in [1.82, 2.24) is 14.6 Å². The van der Waals surface area contributed by atoms with E-state index in [0.29, 0.717) is 5.88 Å². The maximum atomic E-state index is 13.5. The standard InChI is InChI=1S/C24H23FN4O/c1-17(19-5-4-6-20(25)15-19)30-24-12-11-23-26-16-22(29(23)27-24)18-7-9-21(10-8-18)28-13-2-3-14-28/h4-12,15-17H,2-3,13-14H2,1H3. The van der Waals surface area contributed by atoms with Gasteiger partial charge in [0, 0.05) is 30.4 Å². The van der Waals surface area contributed by atoms with Gasteiger partial charge in [-0.1, -0.05) is 24.3 Å². The van der Waals surface area contributed by atoms with E-state index in [1.165, 1.54) is 30.7 Å². The second-order valence-corrected chi connectivity index (χ2v) is 7.64. The maximum Gasteiger partial charge on any atom is 0.232 e. The van der Waals surface area contributed by atoms with Gasteiger partial charge in [0.05, 0.1) is 11.9 Å². The van der Waals surface area contributed by atoms with E-state index in [1.807, 2.05) is 25.3 Å². The largest absolute Gasteiger partial charge is 0.469 e. The van der Waals surface area contributed by atoms with Gasteiger partial charge in [-0.2, -0.15) is 0 Å². The van der Waals surface area contributed by atoms with Crippen LogP contribution in [0.1, 0.15) is 31.4 Å². The summed E-state index contributed by atoms with van der Waals surface area (Å²) in [4.78, 5) is 6.88. The summed E-state index contributed by atoms with van der Waals surface area (Å²) in [5.74, 6) is 0.188. The van der Waals surface area contributed by atoms with E-state index >= 15 is 0 Å². The Balaban J connectivity index is 1.41. The number of hydrogen-bond donors (Lipinski definition) is 0. The molecule has 0 amide bonds. The van der Waals surface area contributed by atoms with Crippen LogP contribution in [0.2, 0.25) is 0 Å². The molecular weight excluding hydrogens is 379 g/mol. The monoisotopic (exact) mass is 402 g/mol. The molecule has 5 nitrogen and oxygen atoms in total. The van der Waals surface area contributed by atoms with Crippen molar-refractivity contribution in [3.63, 3.8) is 0 Å². The second kappa shape index (κ2) is 7.78. The van der Waals surface area contributed by atoms with Crippen LogP contribution in [0, 0.1) is 5.82 Å². The van der Waals surface area contributed by atoms with Crippen LogP contribution in [0.25, 0.3) is 16.9 Å². The number of imidazole rings is 1. The van der Waals surface area contributed by atoms with E-state index in [9.17, 15) is 4.39 Å². The van der Waals surface area contributed by atoms with Gasteiger partial charge in [-0.3, -0.25) is 0 Å². The number of halogens is 1. The van der Waals surface area contributed by atoms with Gasteiger partial charge in [0.2, 0.25) is 5.88 Å². The molecule has 1 atom stereocenters. The van der Waals surface area contributed by atoms with Gasteiger partial charge >= 0.3 is 0 Å². The van der Waals surface area contributed by atoms with Crippen LogP contribution in [0.15, 0.2) is 66.9 Å². The summed E-state index contributed by atoms with van der Waals surface area (Å²) >= 11 is 0. The van der Waals surface area contributed by atoms with Gasteiger partial charge in [0.15, 0.2) is 5.65 Å². The fourth-order valence-corrected chi connectivity index (χ4v) is 3.94. The first kappa shape index (κ1) is 18.6. The van der Waals surface area contributed by atoms with Crippen molar-refractivity contribution in [2.75, 3.05) is 18.0 Å². The molecule has 2 aromatic heterocycles. The van der Waals surface area contributed by atoms with E-state index in [2.05, 4.69) is 39.2 Å². The zero-order valence-corrected chi connectivity index (χ0v) is 16.8. The average Bonchev–Trinajstić information content (AvgIpc) is 3.44. The average molecular weight is 402 g/mol. The van der Waals surface area contributed by atoms with Crippen molar-refractivity contribution in [3.05, 3.63) is 78.2 Å². The lowest BCUT2D eigenvalue weighted by Crippen LogP contribution is -2.17. The van der Waals surface area contributed by atoms with Crippen LogP contribution in [0.3, 0.4) is 0 Å². The number of benzene rings is 2. The summed E-state index contributed by atoms with van der Waals surface area (Å²) in [5, 5.41) is 4.63. The minimum absolute atomic E-state index is 0.277. The van der Waals surface area contributed by atoms with Gasteiger partial charge in [0.1, 0.15) is 11.9 Å². The first-order valence-corrected chi connectivity index (χ1v) is 10.3. The fourth-order valence-electron chi connectivity index (χ4n) is 3.94. The fraction of sp³-hybridized carbons (Fsp3) is 0.250. The van der Waals surface area contributed by atoms with Gasteiger partial charge in [-0.15, -0.1) is 5.10 Å². The van der Waals surface area contributed by atoms with Gasteiger partial charge in [0.25, 0.3) is 0 Å². The molecule has 0 bridgehead atoms. The molecule has 1 fully saturated rings. The predicted octanol–water partition coefficient (Wildman–Crippen LogP) is 5.28. The van der Waals surface area contributed by atoms with Crippen LogP contribution in [-0.4, -0.2) is 27.7 Å². The third-order valence-electron chi connectivity index (χ3n) is 5.59. The van der Waals surface area contributed by atoms with Crippen LogP contribution in [0.4, 0.5) is 10.1 Å². The highest BCUT2D eigenvalue weighted by molar-refractivity contribution is 5.66. The predicted molar refractivity (Wildman–Crippen MR) is 115 cm³/mol. The molecule has 1 saturated heterocycles. The summed E-state index contributed by atoms with van der Waals surface area (Å²) < 4.78 is 21.3. The highest BCUT2D eigenvalue weighted by Crippen LogP contribution is 2.27. The molecule has 6 heteroatoms. The number of ether oxygens (including phenoxy) is 1. The van der Waals surface area contributed by atoms with Crippen molar-refractivity contribution in [3.8, 4) is 17.1 Å². The van der Waals surface area contributed by atoms with Gasteiger partial charge < -0.3 is 9.64 Å². The highest BCUT2D eigenvalue weighted by atomic mass is 19.1. The molecule has 1 aliphatic heterocycles. The number of rotatable bonds is 5. The van der Waals surface area contributed by atoms with Crippen LogP contribution in [0.5, 0.6) is 5.88 Å². The Bertz CT molecular complexity index is 1170. The van der Waals surface area contributed by atoms with Crippen LogP contribution < -0.4 is 9.64 Å². The Kier molecular flexibility index (Phi) is 4.83. The van der Waals surface area contributed by atoms with Gasteiger partial charge in [-0.25, -0.2) is 13.9 Å². The number of fused-ring (bicyclic) bond motifs is 1. The SMILES string of the molecule is CC(Oc1ccc2ncc(-c3ccc(N4CCCC4)cc3)n2n1)c1cccc(F)c1. The number of nitrogens with zero attached hydrogens (tertiary/aromatic N) is 4. The Labute approximate surface area is 174 Å². The summed E-state index contributed by atoms with van der Waals surface area (Å²) in [6.45, 7) is 4.13. The molecule has 0 N–H and O–H groups in total. The zero-order chi connectivity index (χ0) is 20.5. The highest BCUT2D eigenvalue weighted by Gasteiger charge is 2.14. The number of anilines is 1. The Morgan fingerprint density at radius 3 is 2.57 bits per heavy atom. The lowest BCUT2D eigenvalue weighted by Gasteiger charge is -2.17. The summed E-state index contributed by atoms with van der Waals surface area (Å²) in [7, 11) is 0. The molecule has 5 rings (SSSR count). The third-order valence-corrected chi connectivity index (χ3v) is 5.59. The normalized spacial score (nSPS) is 14.9. The molecule has 0 aliphatic carbocycles. The molecule has 3 heterocycles.